The first-order valence-electron chi connectivity index (χ1n) is 7.95. The summed E-state index contributed by atoms with van der Waals surface area (Å²) in [5.41, 5.74) is 5.87. The fourth-order valence-corrected chi connectivity index (χ4v) is 2.55. The molecule has 0 unspecified atom stereocenters. The van der Waals surface area contributed by atoms with Crippen molar-refractivity contribution < 1.29 is 4.92 Å². The third-order valence-electron chi connectivity index (χ3n) is 3.91. The summed E-state index contributed by atoms with van der Waals surface area (Å²) in [6.45, 7) is 1.91. The zero-order chi connectivity index (χ0) is 16.7. The van der Waals surface area contributed by atoms with Crippen LogP contribution in [0.1, 0.15) is 24.8 Å². The molecule has 7 heteroatoms. The molecule has 2 rings (SSSR count). The largest absolute Gasteiger partial charge is 0.319 e. The number of rotatable bonds is 9. The third kappa shape index (κ3) is 5.22. The number of nitrogens with one attached hydrogen (secondary N) is 2. The second-order valence-electron chi connectivity index (χ2n) is 5.71. The molecule has 0 aromatic heterocycles. The Morgan fingerprint density at radius 2 is 1.96 bits per heavy atom. The summed E-state index contributed by atoms with van der Waals surface area (Å²) in [4.78, 5) is 10.3. The van der Waals surface area contributed by atoms with Crippen molar-refractivity contribution in [2.75, 3.05) is 27.2 Å². The second kappa shape index (κ2) is 8.50. The first kappa shape index (κ1) is 17.2. The number of non-ortho nitro benzene ring substituents is 1. The molecule has 126 valence electrons. The van der Waals surface area contributed by atoms with E-state index >= 15 is 0 Å². The summed E-state index contributed by atoms with van der Waals surface area (Å²) in [6, 6.07) is 6.83. The molecule has 1 aromatic carbocycles. The van der Waals surface area contributed by atoms with Crippen molar-refractivity contribution in [3.8, 4) is 0 Å². The van der Waals surface area contributed by atoms with E-state index in [0.717, 1.165) is 44.3 Å². The molecule has 1 heterocycles. The zero-order valence-electron chi connectivity index (χ0n) is 13.8. The molecule has 0 amide bonds. The predicted molar refractivity (Wildman–Crippen MR) is 90.3 cm³/mol. The lowest BCUT2D eigenvalue weighted by molar-refractivity contribution is -0.384. The number of hydrazine groups is 2. The molecule has 0 aliphatic carbocycles. The van der Waals surface area contributed by atoms with E-state index in [1.54, 1.807) is 12.1 Å². The minimum absolute atomic E-state index is 0.150. The molecule has 7 nitrogen and oxygen atoms in total. The number of nitro benzene ring substituents is 1. The zero-order valence-corrected chi connectivity index (χ0v) is 13.8. The molecule has 1 aromatic rings. The van der Waals surface area contributed by atoms with Gasteiger partial charge in [-0.3, -0.25) is 20.1 Å². The van der Waals surface area contributed by atoms with E-state index < -0.39 is 0 Å². The smallest absolute Gasteiger partial charge is 0.269 e. The van der Waals surface area contributed by atoms with Gasteiger partial charge in [0.25, 0.3) is 5.69 Å². The summed E-state index contributed by atoms with van der Waals surface area (Å²) in [5, 5.41) is 17.9. The fourth-order valence-electron chi connectivity index (χ4n) is 2.55. The van der Waals surface area contributed by atoms with Crippen LogP contribution in [-0.2, 0) is 6.42 Å². The molecule has 0 atom stereocenters. The second-order valence-corrected chi connectivity index (χ2v) is 5.71. The average Bonchev–Trinajstić information content (AvgIpc) is 2.90. The maximum absolute atomic E-state index is 10.6. The minimum Gasteiger partial charge on any atom is -0.319 e. The summed E-state index contributed by atoms with van der Waals surface area (Å²) in [7, 11) is 3.98. The number of nitro groups is 1. The topological polar surface area (TPSA) is 73.7 Å². The Morgan fingerprint density at radius 1 is 1.22 bits per heavy atom. The summed E-state index contributed by atoms with van der Waals surface area (Å²) in [6.07, 6.45) is 6.22. The van der Waals surface area contributed by atoms with Gasteiger partial charge in [0.05, 0.1) is 4.92 Å². The Kier molecular flexibility index (Phi) is 6.37. The van der Waals surface area contributed by atoms with E-state index in [4.69, 9.17) is 0 Å². The van der Waals surface area contributed by atoms with Gasteiger partial charge in [-0.1, -0.05) is 12.1 Å². The van der Waals surface area contributed by atoms with E-state index in [-0.39, 0.29) is 10.6 Å². The van der Waals surface area contributed by atoms with Crippen molar-refractivity contribution in [1.29, 1.82) is 0 Å². The predicted octanol–water partition coefficient (Wildman–Crippen LogP) is 2.04. The molecule has 0 spiro atoms. The molecule has 1 aliphatic rings. The molecule has 1 aliphatic heterocycles. The standard InChI is InChI=1S/C16H25N5O2/c1-17-11-10-16-13-20(18-19(16)2)12-4-3-5-14-6-8-15(9-7-14)21(22)23/h6-9,13,17-18H,3-5,10-12H2,1-2H3. The van der Waals surface area contributed by atoms with Crippen LogP contribution in [0.25, 0.3) is 0 Å². The molecule has 23 heavy (non-hydrogen) atoms. The molecule has 0 radical (unpaired) electrons. The van der Waals surface area contributed by atoms with Crippen LogP contribution in [0, 0.1) is 10.1 Å². The van der Waals surface area contributed by atoms with Gasteiger partial charge in [-0.2, -0.15) is 0 Å². The van der Waals surface area contributed by atoms with Crippen LogP contribution in [0.2, 0.25) is 0 Å². The number of benzene rings is 1. The number of nitrogens with zero attached hydrogens (tertiary/aromatic N) is 3. The van der Waals surface area contributed by atoms with Crippen molar-refractivity contribution in [2.24, 2.45) is 0 Å². The van der Waals surface area contributed by atoms with Crippen molar-refractivity contribution in [3.05, 3.63) is 51.8 Å². The van der Waals surface area contributed by atoms with Crippen LogP contribution in [-0.4, -0.2) is 42.1 Å². The third-order valence-corrected chi connectivity index (χ3v) is 3.91. The van der Waals surface area contributed by atoms with Crippen LogP contribution in [0.3, 0.4) is 0 Å². The normalized spacial score (nSPS) is 14.3. The molecule has 0 saturated heterocycles. The van der Waals surface area contributed by atoms with Gasteiger partial charge in [0.2, 0.25) is 0 Å². The highest BCUT2D eigenvalue weighted by Gasteiger charge is 2.15. The van der Waals surface area contributed by atoms with Crippen molar-refractivity contribution in [1.82, 2.24) is 20.9 Å². The Balaban J connectivity index is 1.69. The Hall–Kier alpha value is -2.12. The van der Waals surface area contributed by atoms with Crippen LogP contribution in [0.4, 0.5) is 5.69 Å². The average molecular weight is 319 g/mol. The first-order chi connectivity index (χ1) is 11.1. The lowest BCUT2D eigenvalue weighted by Crippen LogP contribution is -2.38. The summed E-state index contributed by atoms with van der Waals surface area (Å²) < 4.78 is 0. The van der Waals surface area contributed by atoms with Gasteiger partial charge in [-0.05, 0) is 31.9 Å². The highest BCUT2D eigenvalue weighted by Crippen LogP contribution is 2.15. The van der Waals surface area contributed by atoms with E-state index in [1.807, 2.05) is 31.2 Å². The van der Waals surface area contributed by atoms with E-state index in [2.05, 4.69) is 22.1 Å². The lowest BCUT2D eigenvalue weighted by atomic mass is 10.1. The van der Waals surface area contributed by atoms with Crippen LogP contribution in [0.15, 0.2) is 36.2 Å². The summed E-state index contributed by atoms with van der Waals surface area (Å²) >= 11 is 0. The lowest BCUT2D eigenvalue weighted by Gasteiger charge is -2.20. The van der Waals surface area contributed by atoms with Crippen LogP contribution >= 0.6 is 0 Å². The molecular formula is C16H25N5O2. The van der Waals surface area contributed by atoms with Gasteiger partial charge < -0.3 is 5.32 Å². The van der Waals surface area contributed by atoms with Crippen LogP contribution in [0.5, 0.6) is 0 Å². The van der Waals surface area contributed by atoms with Crippen LogP contribution < -0.4 is 10.9 Å². The van der Waals surface area contributed by atoms with Gasteiger partial charge in [-0.25, -0.2) is 0 Å². The van der Waals surface area contributed by atoms with Gasteiger partial charge in [0, 0.05) is 50.6 Å². The van der Waals surface area contributed by atoms with Gasteiger partial charge in [0.15, 0.2) is 0 Å². The van der Waals surface area contributed by atoms with E-state index in [0.29, 0.717) is 0 Å². The van der Waals surface area contributed by atoms with Crippen molar-refractivity contribution in [3.63, 3.8) is 0 Å². The van der Waals surface area contributed by atoms with Crippen molar-refractivity contribution in [2.45, 2.75) is 25.7 Å². The molecular weight excluding hydrogens is 294 g/mol. The first-order valence-corrected chi connectivity index (χ1v) is 7.95. The Morgan fingerprint density at radius 3 is 2.61 bits per heavy atom. The maximum Gasteiger partial charge on any atom is 0.269 e. The molecule has 2 N–H and O–H groups in total. The monoisotopic (exact) mass is 319 g/mol. The number of unbranched alkanes of at least 4 members (excludes halogenated alkanes) is 1. The number of hydrogen-bond acceptors (Lipinski definition) is 6. The Bertz CT molecular complexity index is 544. The minimum atomic E-state index is -0.364. The molecule has 0 fully saturated rings. The van der Waals surface area contributed by atoms with Gasteiger partial charge in [-0.15, -0.1) is 5.53 Å². The number of aryl methyl sites for hydroxylation is 1. The van der Waals surface area contributed by atoms with E-state index in [1.165, 1.54) is 5.70 Å². The SMILES string of the molecule is CNCCC1=CN(CCCCc2ccc([N+](=O)[O-])cc2)NN1C. The van der Waals surface area contributed by atoms with E-state index in [9.17, 15) is 10.1 Å². The maximum atomic E-state index is 10.6. The molecule has 0 bridgehead atoms. The van der Waals surface area contributed by atoms with Crippen molar-refractivity contribution >= 4 is 5.69 Å². The van der Waals surface area contributed by atoms with Gasteiger partial charge in [0.1, 0.15) is 0 Å². The fraction of sp³-hybridized carbons (Fsp3) is 0.500. The highest BCUT2D eigenvalue weighted by atomic mass is 16.6. The highest BCUT2D eigenvalue weighted by molar-refractivity contribution is 5.32. The number of hydrogen-bond donors (Lipinski definition) is 2. The quantitative estimate of drug-likeness (QED) is 0.412. The van der Waals surface area contributed by atoms with Gasteiger partial charge >= 0.3 is 0 Å². The Labute approximate surface area is 137 Å². The summed E-state index contributed by atoms with van der Waals surface area (Å²) in [5.74, 6) is 0. The molecule has 0 saturated carbocycles.